The lowest BCUT2D eigenvalue weighted by Crippen LogP contribution is -2.53. The predicted molar refractivity (Wildman–Crippen MR) is 143 cm³/mol. The molecule has 38 heavy (non-hydrogen) atoms. The molecule has 0 radical (unpaired) electrons. The molecule has 0 aliphatic heterocycles. The Morgan fingerprint density at radius 1 is 0.974 bits per heavy atom. The van der Waals surface area contributed by atoms with E-state index in [1.807, 2.05) is 12.1 Å². The van der Waals surface area contributed by atoms with Gasteiger partial charge in [-0.1, -0.05) is 23.7 Å². The molecule has 0 fully saturated rings. The van der Waals surface area contributed by atoms with E-state index in [-0.39, 0.29) is 12.4 Å². The van der Waals surface area contributed by atoms with Gasteiger partial charge in [0, 0.05) is 50.7 Å². The van der Waals surface area contributed by atoms with Gasteiger partial charge >= 0.3 is 11.8 Å². The van der Waals surface area contributed by atoms with Crippen LogP contribution in [0, 0.1) is 0 Å². The van der Waals surface area contributed by atoms with Crippen molar-refractivity contribution in [3.63, 3.8) is 0 Å². The standard InChI is InChI=1S/C26H28ClN7O4/c1-34(2)26(38)21(15-31-24(36)25(37)33-22-8-7-19(27)14-30-22)32-23(35)17-5-3-16(4-6-17)18-10-12-29-20(13-18)9-11-28/h3-8,10,12-14,21H,9,11,15,28H2,1-2H3,(H,31,36)(H,32,35)(H,30,33,37). The highest BCUT2D eigenvalue weighted by Gasteiger charge is 2.25. The van der Waals surface area contributed by atoms with Crippen LogP contribution in [-0.2, 0) is 20.8 Å². The van der Waals surface area contributed by atoms with E-state index in [1.165, 1.54) is 37.3 Å². The van der Waals surface area contributed by atoms with Crippen LogP contribution in [-0.4, -0.2) is 71.7 Å². The molecule has 0 aliphatic carbocycles. The first-order valence-corrected chi connectivity index (χ1v) is 12.0. The lowest BCUT2D eigenvalue weighted by molar-refractivity contribution is -0.136. The number of halogens is 1. The van der Waals surface area contributed by atoms with Gasteiger partial charge in [0.05, 0.1) is 5.02 Å². The first kappa shape index (κ1) is 28.2. The molecule has 1 aromatic carbocycles. The van der Waals surface area contributed by atoms with Crippen LogP contribution in [0.4, 0.5) is 5.82 Å². The van der Waals surface area contributed by atoms with Crippen LogP contribution in [0.1, 0.15) is 16.1 Å². The molecule has 1 unspecified atom stereocenters. The van der Waals surface area contributed by atoms with Crippen LogP contribution < -0.4 is 21.7 Å². The van der Waals surface area contributed by atoms with Crippen molar-refractivity contribution in [2.24, 2.45) is 5.73 Å². The number of carbonyl (C=O) groups excluding carboxylic acids is 4. The summed E-state index contributed by atoms with van der Waals surface area (Å²) in [6.07, 6.45) is 3.68. The molecule has 1 atom stereocenters. The van der Waals surface area contributed by atoms with E-state index < -0.39 is 29.7 Å². The fourth-order valence-electron chi connectivity index (χ4n) is 3.41. The zero-order valence-electron chi connectivity index (χ0n) is 20.9. The highest BCUT2D eigenvalue weighted by atomic mass is 35.5. The molecular weight excluding hydrogens is 510 g/mol. The third-order valence-corrected chi connectivity index (χ3v) is 5.61. The molecular formula is C26H28ClN7O4. The summed E-state index contributed by atoms with van der Waals surface area (Å²) in [5.74, 6) is -2.82. The Bertz CT molecular complexity index is 1300. The van der Waals surface area contributed by atoms with Crippen LogP contribution in [0.5, 0.6) is 0 Å². The molecule has 0 bridgehead atoms. The maximum Gasteiger partial charge on any atom is 0.314 e. The molecule has 0 saturated carbocycles. The van der Waals surface area contributed by atoms with Crippen molar-refractivity contribution in [2.45, 2.75) is 12.5 Å². The van der Waals surface area contributed by atoms with E-state index in [1.54, 1.807) is 30.5 Å². The molecule has 4 amide bonds. The minimum Gasteiger partial charge on any atom is -0.347 e. The van der Waals surface area contributed by atoms with Crippen LogP contribution in [0.25, 0.3) is 11.1 Å². The highest BCUT2D eigenvalue weighted by molar-refractivity contribution is 6.39. The summed E-state index contributed by atoms with van der Waals surface area (Å²) in [6, 6.07) is 12.5. The minimum atomic E-state index is -1.11. The first-order chi connectivity index (χ1) is 18.2. The second kappa shape index (κ2) is 13.3. The second-order valence-electron chi connectivity index (χ2n) is 8.44. The van der Waals surface area contributed by atoms with Crippen LogP contribution in [0.2, 0.25) is 5.02 Å². The molecule has 3 aromatic rings. The highest BCUT2D eigenvalue weighted by Crippen LogP contribution is 2.20. The second-order valence-corrected chi connectivity index (χ2v) is 8.87. The van der Waals surface area contributed by atoms with Crippen molar-refractivity contribution in [2.75, 3.05) is 32.5 Å². The molecule has 3 rings (SSSR count). The number of nitrogens with zero attached hydrogens (tertiary/aromatic N) is 3. The van der Waals surface area contributed by atoms with Gasteiger partial charge in [-0.15, -0.1) is 0 Å². The van der Waals surface area contributed by atoms with E-state index in [4.69, 9.17) is 17.3 Å². The van der Waals surface area contributed by atoms with Crippen LogP contribution >= 0.6 is 11.6 Å². The summed E-state index contributed by atoms with van der Waals surface area (Å²) < 4.78 is 0. The normalized spacial score (nSPS) is 11.3. The zero-order chi connectivity index (χ0) is 27.7. The van der Waals surface area contributed by atoms with E-state index in [0.717, 1.165) is 16.8 Å². The van der Waals surface area contributed by atoms with Crippen LogP contribution in [0.3, 0.4) is 0 Å². The van der Waals surface area contributed by atoms with Crippen molar-refractivity contribution < 1.29 is 19.2 Å². The molecule has 11 nitrogen and oxygen atoms in total. The number of nitrogens with two attached hydrogens (primary N) is 1. The Balaban J connectivity index is 1.64. The Morgan fingerprint density at radius 2 is 1.71 bits per heavy atom. The smallest absolute Gasteiger partial charge is 0.314 e. The molecule has 2 heterocycles. The summed E-state index contributed by atoms with van der Waals surface area (Å²) >= 11 is 5.76. The lowest BCUT2D eigenvalue weighted by Gasteiger charge is -2.22. The Morgan fingerprint density at radius 3 is 2.34 bits per heavy atom. The summed E-state index contributed by atoms with van der Waals surface area (Å²) in [6.45, 7) is 0.190. The maximum atomic E-state index is 12.9. The number of aromatic nitrogens is 2. The number of pyridine rings is 2. The average molecular weight is 538 g/mol. The van der Waals surface area contributed by atoms with E-state index in [0.29, 0.717) is 23.6 Å². The van der Waals surface area contributed by atoms with Gasteiger partial charge in [0.1, 0.15) is 11.9 Å². The number of benzene rings is 1. The fraction of sp³-hybridized carbons (Fsp3) is 0.231. The Kier molecular flexibility index (Phi) is 9.85. The van der Waals surface area contributed by atoms with Gasteiger partial charge in [0.2, 0.25) is 5.91 Å². The quantitative estimate of drug-likeness (QED) is 0.299. The van der Waals surface area contributed by atoms with Gasteiger partial charge in [-0.05, 0) is 54.1 Å². The molecule has 12 heteroatoms. The van der Waals surface area contributed by atoms with Gasteiger partial charge in [-0.25, -0.2) is 4.98 Å². The van der Waals surface area contributed by atoms with E-state index >= 15 is 0 Å². The Labute approximate surface area is 224 Å². The van der Waals surface area contributed by atoms with Gasteiger partial charge in [-0.2, -0.15) is 0 Å². The topological polar surface area (TPSA) is 159 Å². The van der Waals surface area contributed by atoms with Crippen molar-refractivity contribution >= 4 is 41.0 Å². The third-order valence-electron chi connectivity index (χ3n) is 5.38. The third kappa shape index (κ3) is 7.82. The molecule has 198 valence electrons. The van der Waals surface area contributed by atoms with Gasteiger partial charge in [0.15, 0.2) is 0 Å². The summed E-state index contributed by atoms with van der Waals surface area (Å²) in [4.78, 5) is 59.5. The summed E-state index contributed by atoms with van der Waals surface area (Å²) in [5, 5.41) is 7.69. The number of carbonyl (C=O) groups is 4. The van der Waals surface area contributed by atoms with Crippen molar-refractivity contribution in [1.82, 2.24) is 25.5 Å². The number of rotatable bonds is 9. The SMILES string of the molecule is CN(C)C(=O)C(CNC(=O)C(=O)Nc1ccc(Cl)cn1)NC(=O)c1ccc(-c2ccnc(CCN)c2)cc1. The Hall–Kier alpha value is -4.35. The monoisotopic (exact) mass is 537 g/mol. The number of hydrogen-bond acceptors (Lipinski definition) is 7. The lowest BCUT2D eigenvalue weighted by atomic mass is 10.0. The van der Waals surface area contributed by atoms with E-state index in [9.17, 15) is 19.2 Å². The van der Waals surface area contributed by atoms with Crippen molar-refractivity contribution in [3.05, 3.63) is 77.2 Å². The minimum absolute atomic E-state index is 0.134. The van der Waals surface area contributed by atoms with Gasteiger partial charge < -0.3 is 26.6 Å². The largest absolute Gasteiger partial charge is 0.347 e. The number of likely N-dealkylation sites (N-methyl/N-ethyl adjacent to an activating group) is 1. The zero-order valence-corrected chi connectivity index (χ0v) is 21.7. The molecule has 0 spiro atoms. The molecule has 0 saturated heterocycles. The average Bonchev–Trinajstić information content (AvgIpc) is 2.92. The van der Waals surface area contributed by atoms with Crippen molar-refractivity contribution in [3.8, 4) is 11.1 Å². The predicted octanol–water partition coefficient (Wildman–Crippen LogP) is 1.24. The number of nitrogens with one attached hydrogen (secondary N) is 3. The van der Waals surface area contributed by atoms with Crippen molar-refractivity contribution in [1.29, 1.82) is 0 Å². The molecule has 0 aliphatic rings. The number of amides is 4. The van der Waals surface area contributed by atoms with Gasteiger partial charge in [0.25, 0.3) is 5.91 Å². The maximum absolute atomic E-state index is 12.9. The fourth-order valence-corrected chi connectivity index (χ4v) is 3.52. The number of anilines is 1. The summed E-state index contributed by atoms with van der Waals surface area (Å²) in [7, 11) is 3.04. The van der Waals surface area contributed by atoms with Crippen LogP contribution in [0.15, 0.2) is 60.9 Å². The van der Waals surface area contributed by atoms with Gasteiger partial charge in [-0.3, -0.25) is 24.2 Å². The molecule has 5 N–H and O–H groups in total. The van der Waals surface area contributed by atoms with E-state index in [2.05, 4.69) is 25.9 Å². The number of hydrogen-bond donors (Lipinski definition) is 4. The summed E-state index contributed by atoms with van der Waals surface area (Å²) in [5.41, 5.74) is 8.62. The molecule has 2 aromatic heterocycles. The first-order valence-electron chi connectivity index (χ1n) is 11.7.